The van der Waals surface area contributed by atoms with Crippen LogP contribution in [0.5, 0.6) is 0 Å². The van der Waals surface area contributed by atoms with Gasteiger partial charge in [-0.2, -0.15) is 0 Å². The Labute approximate surface area is 144 Å². The van der Waals surface area contributed by atoms with Crippen LogP contribution in [0.3, 0.4) is 0 Å². The van der Waals surface area contributed by atoms with Crippen molar-refractivity contribution in [2.45, 2.75) is 19.0 Å². The number of carbonyl (C=O) groups excluding carboxylic acids is 2. The molecule has 3 rings (SSSR count). The van der Waals surface area contributed by atoms with E-state index in [1.165, 1.54) is 6.26 Å². The number of hydrogen-bond donors (Lipinski definition) is 2. The number of benzene rings is 1. The number of nitrogens with one attached hydrogen (secondary N) is 1. The van der Waals surface area contributed by atoms with Crippen molar-refractivity contribution in [3.05, 3.63) is 60.1 Å². The topological polar surface area (TPSA) is 99.8 Å². The van der Waals surface area contributed by atoms with Gasteiger partial charge in [0.25, 0.3) is 0 Å². The van der Waals surface area contributed by atoms with Gasteiger partial charge in [0.05, 0.1) is 18.7 Å². The first kappa shape index (κ1) is 16.8. The molecule has 0 aliphatic carbocycles. The average molecular weight is 342 g/mol. The fourth-order valence-corrected chi connectivity index (χ4v) is 2.88. The van der Waals surface area contributed by atoms with E-state index in [9.17, 15) is 19.5 Å². The monoisotopic (exact) mass is 342 g/mol. The molecular formula is C18H18N2O5. The van der Waals surface area contributed by atoms with Gasteiger partial charge in [-0.05, 0) is 17.7 Å². The van der Waals surface area contributed by atoms with Gasteiger partial charge in [-0.3, -0.25) is 9.59 Å². The van der Waals surface area contributed by atoms with Gasteiger partial charge >= 0.3 is 5.97 Å². The molecule has 1 fully saturated rings. The molecule has 2 aromatic rings. The maximum atomic E-state index is 12.5. The summed E-state index contributed by atoms with van der Waals surface area (Å²) in [6.07, 6.45) is 1.59. The molecule has 1 aromatic carbocycles. The number of carboxylic acid groups (broad SMARTS) is 1. The van der Waals surface area contributed by atoms with Crippen molar-refractivity contribution < 1.29 is 23.9 Å². The summed E-state index contributed by atoms with van der Waals surface area (Å²) >= 11 is 0. The zero-order chi connectivity index (χ0) is 17.8. The molecule has 130 valence electrons. The molecule has 2 amide bonds. The van der Waals surface area contributed by atoms with Crippen molar-refractivity contribution in [2.75, 3.05) is 6.54 Å². The van der Waals surface area contributed by atoms with Crippen LogP contribution in [0.15, 0.2) is 53.1 Å². The highest BCUT2D eigenvalue weighted by Crippen LogP contribution is 2.22. The van der Waals surface area contributed by atoms with Crippen molar-refractivity contribution in [1.82, 2.24) is 10.2 Å². The minimum atomic E-state index is -1.14. The Bertz CT molecular complexity index is 757. The Balaban J connectivity index is 1.64. The van der Waals surface area contributed by atoms with Gasteiger partial charge < -0.3 is 19.7 Å². The minimum Gasteiger partial charge on any atom is -0.479 e. The van der Waals surface area contributed by atoms with Crippen LogP contribution in [0.4, 0.5) is 0 Å². The van der Waals surface area contributed by atoms with Crippen LogP contribution in [0, 0.1) is 5.92 Å². The summed E-state index contributed by atoms with van der Waals surface area (Å²) < 4.78 is 5.22. The molecule has 2 N–H and O–H groups in total. The Kier molecular flexibility index (Phi) is 4.83. The third kappa shape index (κ3) is 3.88. The summed E-state index contributed by atoms with van der Waals surface area (Å²) in [6, 6.07) is 10.8. The molecule has 1 aliphatic rings. The molecule has 1 aromatic heterocycles. The highest BCUT2D eigenvalue weighted by Gasteiger charge is 2.36. The lowest BCUT2D eigenvalue weighted by atomic mass is 10.0. The first-order valence-electron chi connectivity index (χ1n) is 7.93. The lowest BCUT2D eigenvalue weighted by molar-refractivity contribution is -0.142. The third-order valence-corrected chi connectivity index (χ3v) is 4.18. The normalized spacial score (nSPS) is 18.2. The van der Waals surface area contributed by atoms with Crippen LogP contribution in [-0.4, -0.2) is 34.3 Å². The van der Waals surface area contributed by atoms with Gasteiger partial charge in [0.2, 0.25) is 11.8 Å². The fraction of sp³-hybridized carbons (Fsp3) is 0.278. The average Bonchev–Trinajstić information content (AvgIpc) is 3.24. The van der Waals surface area contributed by atoms with Gasteiger partial charge in [0.1, 0.15) is 5.76 Å². The second-order valence-corrected chi connectivity index (χ2v) is 5.95. The number of amides is 2. The first-order chi connectivity index (χ1) is 12.0. The van der Waals surface area contributed by atoms with Crippen LogP contribution in [0.25, 0.3) is 0 Å². The molecule has 0 bridgehead atoms. The molecule has 0 radical (unpaired) electrons. The predicted octanol–water partition coefficient (Wildman–Crippen LogP) is 1.57. The van der Waals surface area contributed by atoms with Crippen molar-refractivity contribution >= 4 is 17.8 Å². The maximum Gasteiger partial charge on any atom is 0.330 e. The Morgan fingerprint density at radius 1 is 1.24 bits per heavy atom. The Morgan fingerprint density at radius 2 is 2.00 bits per heavy atom. The Hall–Kier alpha value is -3.09. The standard InChI is InChI=1S/C18H18N2O5/c21-15-9-13(10-20(15)11-14-7-4-8-25-14)17(22)19-16(18(23)24)12-5-2-1-3-6-12/h1-8,13,16H,9-11H2,(H,19,22)(H,23,24)/t13-,16+/m1/s1. The van der Waals surface area contributed by atoms with E-state index in [0.717, 1.165) is 0 Å². The second-order valence-electron chi connectivity index (χ2n) is 5.95. The largest absolute Gasteiger partial charge is 0.479 e. The van der Waals surface area contributed by atoms with Gasteiger partial charge in [0.15, 0.2) is 6.04 Å². The van der Waals surface area contributed by atoms with Crippen LogP contribution in [0.1, 0.15) is 23.8 Å². The van der Waals surface area contributed by atoms with Gasteiger partial charge in [-0.1, -0.05) is 30.3 Å². The van der Waals surface area contributed by atoms with Crippen LogP contribution >= 0.6 is 0 Å². The highest BCUT2D eigenvalue weighted by atomic mass is 16.4. The molecule has 1 aliphatic heterocycles. The van der Waals surface area contributed by atoms with E-state index in [2.05, 4.69) is 5.32 Å². The molecule has 1 saturated heterocycles. The summed E-state index contributed by atoms with van der Waals surface area (Å²) in [6.45, 7) is 0.545. The molecule has 7 nitrogen and oxygen atoms in total. The van der Waals surface area contributed by atoms with E-state index in [4.69, 9.17) is 4.42 Å². The van der Waals surface area contributed by atoms with E-state index in [0.29, 0.717) is 17.9 Å². The van der Waals surface area contributed by atoms with E-state index < -0.39 is 23.8 Å². The van der Waals surface area contributed by atoms with Crippen molar-refractivity contribution in [3.8, 4) is 0 Å². The van der Waals surface area contributed by atoms with Crippen LogP contribution in [-0.2, 0) is 20.9 Å². The molecule has 25 heavy (non-hydrogen) atoms. The molecule has 2 heterocycles. The number of rotatable bonds is 6. The summed E-state index contributed by atoms with van der Waals surface area (Å²) in [7, 11) is 0. The SMILES string of the molecule is O=C(N[C@H](C(=O)O)c1ccccc1)[C@@H]1CC(=O)N(Cc2ccco2)C1. The second kappa shape index (κ2) is 7.21. The molecule has 0 spiro atoms. The van der Waals surface area contributed by atoms with Gasteiger partial charge in [0, 0.05) is 13.0 Å². The summed E-state index contributed by atoms with van der Waals surface area (Å²) in [5.74, 6) is -1.67. The molecule has 0 saturated carbocycles. The number of hydrogen-bond acceptors (Lipinski definition) is 4. The zero-order valence-electron chi connectivity index (χ0n) is 13.4. The smallest absolute Gasteiger partial charge is 0.330 e. The number of carboxylic acids is 1. The molecule has 2 atom stereocenters. The predicted molar refractivity (Wildman–Crippen MR) is 87.2 cm³/mol. The highest BCUT2D eigenvalue weighted by molar-refractivity contribution is 5.91. The number of nitrogens with zero attached hydrogens (tertiary/aromatic N) is 1. The number of likely N-dealkylation sites (tertiary alicyclic amines) is 1. The minimum absolute atomic E-state index is 0.0632. The maximum absolute atomic E-state index is 12.5. The van der Waals surface area contributed by atoms with E-state index in [-0.39, 0.29) is 18.9 Å². The summed E-state index contributed by atoms with van der Waals surface area (Å²) in [4.78, 5) is 37.6. The molecule has 7 heteroatoms. The fourth-order valence-electron chi connectivity index (χ4n) is 2.88. The molecular weight excluding hydrogens is 324 g/mol. The molecule has 0 unspecified atom stereocenters. The van der Waals surface area contributed by atoms with E-state index in [1.54, 1.807) is 47.4 Å². The van der Waals surface area contributed by atoms with Crippen LogP contribution < -0.4 is 5.32 Å². The van der Waals surface area contributed by atoms with Crippen molar-refractivity contribution in [1.29, 1.82) is 0 Å². The van der Waals surface area contributed by atoms with Gasteiger partial charge in [-0.15, -0.1) is 0 Å². The lowest BCUT2D eigenvalue weighted by Gasteiger charge is -2.18. The lowest BCUT2D eigenvalue weighted by Crippen LogP contribution is -2.38. The number of furan rings is 1. The zero-order valence-corrected chi connectivity index (χ0v) is 13.4. The van der Waals surface area contributed by atoms with Gasteiger partial charge in [-0.25, -0.2) is 4.79 Å². The van der Waals surface area contributed by atoms with Crippen molar-refractivity contribution in [2.24, 2.45) is 5.92 Å². The number of aliphatic carboxylic acids is 1. The third-order valence-electron chi connectivity index (χ3n) is 4.18. The Morgan fingerprint density at radius 3 is 2.64 bits per heavy atom. The first-order valence-corrected chi connectivity index (χ1v) is 7.93. The van der Waals surface area contributed by atoms with Crippen molar-refractivity contribution in [3.63, 3.8) is 0 Å². The summed E-state index contributed by atoms with van der Waals surface area (Å²) in [5.41, 5.74) is 0.486. The number of carbonyl (C=O) groups is 3. The van der Waals surface area contributed by atoms with E-state index in [1.807, 2.05) is 0 Å². The summed E-state index contributed by atoms with van der Waals surface area (Å²) in [5, 5.41) is 11.9. The quantitative estimate of drug-likeness (QED) is 0.830. The van der Waals surface area contributed by atoms with E-state index >= 15 is 0 Å². The van der Waals surface area contributed by atoms with Crippen LogP contribution in [0.2, 0.25) is 0 Å².